The molecule has 0 aliphatic carbocycles. The third-order valence-corrected chi connectivity index (χ3v) is 8.46. The molecule has 2 atom stereocenters. The topological polar surface area (TPSA) is 98.5 Å². The molecule has 1 rings (SSSR count). The molecule has 19 heavy (non-hydrogen) atoms. The van der Waals surface area contributed by atoms with Crippen molar-refractivity contribution in [1.29, 1.82) is 0 Å². The molecule has 1 aliphatic rings. The summed E-state index contributed by atoms with van der Waals surface area (Å²) >= 11 is 0. The third kappa shape index (κ3) is 3.62. The van der Waals surface area contributed by atoms with Crippen molar-refractivity contribution >= 4 is 14.4 Å². The van der Waals surface area contributed by atoms with Gasteiger partial charge in [0.1, 0.15) is 0 Å². The lowest BCUT2D eigenvalue weighted by atomic mass is 10.2. The Bertz CT molecular complexity index is 401. The number of carbonyl (C=O) groups is 1. The lowest BCUT2D eigenvalue weighted by Crippen LogP contribution is -2.46. The summed E-state index contributed by atoms with van der Waals surface area (Å²) in [6, 6.07) is -0.435. The Morgan fingerprint density at radius 2 is 2.05 bits per heavy atom. The zero-order valence-corrected chi connectivity index (χ0v) is 13.1. The van der Waals surface area contributed by atoms with Gasteiger partial charge in [0.05, 0.1) is 12.1 Å². The number of likely N-dealkylation sites (tertiary alicyclic amines) is 1. The van der Waals surface area contributed by atoms with E-state index in [1.165, 1.54) is 4.90 Å². The van der Waals surface area contributed by atoms with Gasteiger partial charge >= 0.3 is 6.09 Å². The molecule has 0 bridgehead atoms. The number of azide groups is 1. The van der Waals surface area contributed by atoms with Gasteiger partial charge in [-0.3, -0.25) is 0 Å². The summed E-state index contributed by atoms with van der Waals surface area (Å²) in [7, 11) is -2.01. The summed E-state index contributed by atoms with van der Waals surface area (Å²) < 4.78 is 6.18. The molecule has 1 saturated heterocycles. The first-order chi connectivity index (χ1) is 8.58. The third-order valence-electron chi connectivity index (χ3n) is 3.96. The van der Waals surface area contributed by atoms with Gasteiger partial charge in [-0.15, -0.1) is 0 Å². The van der Waals surface area contributed by atoms with Crippen LogP contribution in [0, 0.1) is 0 Å². The standard InChI is InChI=1S/C11H22N4O3Si/c1-11(2,3)19(4,5)18-9-7-15(10(16)17)6-8(9)13-14-12/h8-9H,6-7H2,1-5H3,(H,16,17). The van der Waals surface area contributed by atoms with Gasteiger partial charge in [0.25, 0.3) is 0 Å². The van der Waals surface area contributed by atoms with E-state index in [4.69, 9.17) is 15.1 Å². The number of hydrogen-bond acceptors (Lipinski definition) is 3. The molecule has 1 heterocycles. The van der Waals surface area contributed by atoms with Crippen molar-refractivity contribution in [2.45, 2.75) is 51.0 Å². The Kier molecular flexibility index (Phi) is 4.49. The SMILES string of the molecule is CC(C)(C)[Si](C)(C)OC1CN(C(=O)O)CC1N=[N+]=[N-]. The predicted octanol–water partition coefficient (Wildman–Crippen LogP) is 3.05. The second-order valence-electron chi connectivity index (χ2n) is 6.38. The van der Waals surface area contributed by atoms with Gasteiger partial charge in [-0.2, -0.15) is 0 Å². The lowest BCUT2D eigenvalue weighted by molar-refractivity contribution is 0.141. The molecule has 0 spiro atoms. The largest absolute Gasteiger partial charge is 0.465 e. The normalized spacial score (nSPS) is 24.2. The quantitative estimate of drug-likeness (QED) is 0.373. The van der Waals surface area contributed by atoms with Crippen LogP contribution in [-0.4, -0.2) is 49.7 Å². The highest BCUT2D eigenvalue weighted by atomic mass is 28.4. The summed E-state index contributed by atoms with van der Waals surface area (Å²) in [6.45, 7) is 11.0. The van der Waals surface area contributed by atoms with Crippen LogP contribution in [0.4, 0.5) is 4.79 Å². The zero-order valence-electron chi connectivity index (χ0n) is 12.1. The van der Waals surface area contributed by atoms with Crippen LogP contribution in [-0.2, 0) is 4.43 Å². The molecule has 0 aromatic carbocycles. The van der Waals surface area contributed by atoms with Crippen LogP contribution in [0.15, 0.2) is 5.11 Å². The molecule has 1 fully saturated rings. The maximum absolute atomic E-state index is 11.0. The molecule has 1 N–H and O–H groups in total. The van der Waals surface area contributed by atoms with Crippen LogP contribution >= 0.6 is 0 Å². The number of nitrogens with zero attached hydrogens (tertiary/aromatic N) is 4. The Morgan fingerprint density at radius 1 is 1.47 bits per heavy atom. The highest BCUT2D eigenvalue weighted by Crippen LogP contribution is 2.38. The summed E-state index contributed by atoms with van der Waals surface area (Å²) in [5.74, 6) is 0. The number of carboxylic acid groups (broad SMARTS) is 1. The highest BCUT2D eigenvalue weighted by molar-refractivity contribution is 6.74. The Labute approximate surface area is 114 Å². The van der Waals surface area contributed by atoms with Gasteiger partial charge in [-0.1, -0.05) is 25.9 Å². The van der Waals surface area contributed by atoms with Crippen LogP contribution in [0.2, 0.25) is 18.1 Å². The molecule has 0 aromatic rings. The van der Waals surface area contributed by atoms with Crippen molar-refractivity contribution in [2.75, 3.05) is 13.1 Å². The Hall–Kier alpha value is -1.24. The van der Waals surface area contributed by atoms with E-state index in [1.54, 1.807) is 0 Å². The second kappa shape index (κ2) is 5.40. The molecule has 0 aromatic heterocycles. The molecule has 0 radical (unpaired) electrons. The van der Waals surface area contributed by atoms with Crippen molar-refractivity contribution in [3.8, 4) is 0 Å². The van der Waals surface area contributed by atoms with E-state index in [9.17, 15) is 4.79 Å². The molecule has 108 valence electrons. The van der Waals surface area contributed by atoms with E-state index in [0.717, 1.165) is 0 Å². The lowest BCUT2D eigenvalue weighted by Gasteiger charge is -2.39. The molecule has 1 aliphatic heterocycles. The monoisotopic (exact) mass is 286 g/mol. The first-order valence-electron chi connectivity index (χ1n) is 6.28. The van der Waals surface area contributed by atoms with Crippen molar-refractivity contribution in [3.63, 3.8) is 0 Å². The first kappa shape index (κ1) is 15.8. The first-order valence-corrected chi connectivity index (χ1v) is 9.19. The number of hydrogen-bond donors (Lipinski definition) is 1. The fourth-order valence-electron chi connectivity index (χ4n) is 1.76. The molecular formula is C11H22N4O3Si. The Morgan fingerprint density at radius 3 is 2.47 bits per heavy atom. The van der Waals surface area contributed by atoms with Gasteiger partial charge < -0.3 is 14.4 Å². The van der Waals surface area contributed by atoms with Crippen molar-refractivity contribution < 1.29 is 14.3 Å². The van der Waals surface area contributed by atoms with Crippen LogP contribution in [0.1, 0.15) is 20.8 Å². The van der Waals surface area contributed by atoms with Crippen LogP contribution in [0.5, 0.6) is 0 Å². The van der Waals surface area contributed by atoms with Crippen molar-refractivity contribution in [1.82, 2.24) is 4.90 Å². The van der Waals surface area contributed by atoms with E-state index < -0.39 is 20.5 Å². The zero-order chi connectivity index (χ0) is 14.8. The number of amides is 1. The number of rotatable bonds is 3. The predicted molar refractivity (Wildman–Crippen MR) is 74.6 cm³/mol. The fourth-order valence-corrected chi connectivity index (χ4v) is 3.10. The minimum Gasteiger partial charge on any atom is -0.465 e. The Balaban J connectivity index is 2.86. The molecule has 0 saturated carbocycles. The second-order valence-corrected chi connectivity index (χ2v) is 11.1. The minimum absolute atomic E-state index is 0.0323. The molecule has 1 amide bonds. The van der Waals surface area contributed by atoms with E-state index >= 15 is 0 Å². The van der Waals surface area contributed by atoms with Gasteiger partial charge in [0.2, 0.25) is 0 Å². The van der Waals surface area contributed by atoms with Gasteiger partial charge in [0, 0.05) is 18.0 Å². The summed E-state index contributed by atoms with van der Waals surface area (Å²) in [6.07, 6.45) is -1.34. The molecule has 8 heteroatoms. The summed E-state index contributed by atoms with van der Waals surface area (Å²) in [5.41, 5.74) is 8.58. The average molecular weight is 286 g/mol. The van der Waals surface area contributed by atoms with Crippen LogP contribution in [0.3, 0.4) is 0 Å². The van der Waals surface area contributed by atoms with Gasteiger partial charge in [-0.05, 0) is 23.7 Å². The van der Waals surface area contributed by atoms with E-state index in [-0.39, 0.29) is 24.2 Å². The van der Waals surface area contributed by atoms with E-state index in [2.05, 4.69) is 43.9 Å². The highest BCUT2D eigenvalue weighted by Gasteiger charge is 2.44. The van der Waals surface area contributed by atoms with Gasteiger partial charge in [0.15, 0.2) is 8.32 Å². The maximum Gasteiger partial charge on any atom is 0.407 e. The van der Waals surface area contributed by atoms with E-state index in [1.807, 2.05) is 0 Å². The molecule has 2 unspecified atom stereocenters. The average Bonchev–Trinajstić information content (AvgIpc) is 2.60. The van der Waals surface area contributed by atoms with Gasteiger partial charge in [-0.25, -0.2) is 4.79 Å². The molecular weight excluding hydrogens is 264 g/mol. The van der Waals surface area contributed by atoms with Crippen molar-refractivity contribution in [3.05, 3.63) is 10.4 Å². The minimum atomic E-state index is -2.01. The maximum atomic E-state index is 11.0. The summed E-state index contributed by atoms with van der Waals surface area (Å²) in [5, 5.41) is 12.7. The summed E-state index contributed by atoms with van der Waals surface area (Å²) in [4.78, 5) is 15.0. The smallest absolute Gasteiger partial charge is 0.407 e. The molecule has 7 nitrogen and oxygen atoms in total. The van der Waals surface area contributed by atoms with Crippen molar-refractivity contribution in [2.24, 2.45) is 5.11 Å². The van der Waals surface area contributed by atoms with Crippen LogP contribution in [0.25, 0.3) is 10.4 Å². The van der Waals surface area contributed by atoms with E-state index in [0.29, 0.717) is 0 Å². The van der Waals surface area contributed by atoms with Crippen LogP contribution < -0.4 is 0 Å². The fraction of sp³-hybridized carbons (Fsp3) is 0.909.